The highest BCUT2D eigenvalue weighted by molar-refractivity contribution is 9.11. The number of fused-ring (bicyclic) bond motifs is 9. The molecule has 360 valence electrons. The molecule has 0 amide bonds. The third kappa shape index (κ3) is 14.0. The van der Waals surface area contributed by atoms with Crippen LogP contribution in [0.1, 0.15) is 40.5 Å². The van der Waals surface area contributed by atoms with Gasteiger partial charge in [0.25, 0.3) is 20.2 Å². The van der Waals surface area contributed by atoms with Crippen molar-refractivity contribution in [1.82, 2.24) is 0 Å². The monoisotopic (exact) mass is 1220 g/mol. The van der Waals surface area contributed by atoms with E-state index in [4.69, 9.17) is 9.47 Å². The second-order valence-electron chi connectivity index (χ2n) is 15.4. The number of unbranched alkanes of at least 4 members (excludes halogenated alkanes) is 1. The van der Waals surface area contributed by atoms with Crippen LogP contribution >= 0.6 is 63.7 Å². The van der Waals surface area contributed by atoms with Crippen molar-refractivity contribution in [3.05, 3.63) is 139 Å². The number of halogens is 4. The van der Waals surface area contributed by atoms with Gasteiger partial charge in [-0.2, -0.15) is 16.8 Å². The first-order chi connectivity index (χ1) is 31.5. The Morgan fingerprint density at radius 1 is 0.456 bits per heavy atom. The van der Waals surface area contributed by atoms with E-state index in [-0.39, 0.29) is 39.6 Å². The molecule has 10 nitrogen and oxygen atoms in total. The van der Waals surface area contributed by atoms with Crippen LogP contribution in [0.15, 0.2) is 139 Å². The van der Waals surface area contributed by atoms with E-state index < -0.39 is 20.2 Å². The normalized spacial score (nSPS) is 12.4. The molecule has 0 spiro atoms. The molecule has 1 aliphatic heterocycles. The zero-order chi connectivity index (χ0) is 47.2. The summed E-state index contributed by atoms with van der Waals surface area (Å²) < 4.78 is 67.3. The van der Waals surface area contributed by atoms with Crippen LogP contribution in [0.5, 0.6) is 23.0 Å². The fourth-order valence-corrected chi connectivity index (χ4v) is 9.97. The summed E-state index contributed by atoms with van der Waals surface area (Å²) >= 11 is 14.1. The zero-order valence-corrected chi connectivity index (χ0v) is 43.7. The van der Waals surface area contributed by atoms with Crippen molar-refractivity contribution in [2.24, 2.45) is 0 Å². The first-order valence-corrected chi connectivity index (χ1v) is 27.5. The van der Waals surface area contributed by atoms with Crippen LogP contribution in [-0.4, -0.2) is 66.0 Å². The Morgan fingerprint density at radius 3 is 1.06 bits per heavy atom. The minimum atomic E-state index is -3.40. The van der Waals surface area contributed by atoms with Gasteiger partial charge >= 0.3 is 0 Å². The maximum absolute atomic E-state index is 10.5. The first-order valence-electron chi connectivity index (χ1n) is 20.7. The Hall–Kier alpha value is -4.26. The smallest absolute Gasteiger partial charge is 0.264 e. The van der Waals surface area contributed by atoms with Crippen LogP contribution in [0, 0.1) is 0 Å². The van der Waals surface area contributed by atoms with Gasteiger partial charge in [-0.3, -0.25) is 8.37 Å². The van der Waals surface area contributed by atoms with Gasteiger partial charge in [0.2, 0.25) is 0 Å². The van der Waals surface area contributed by atoms with E-state index in [9.17, 15) is 27.0 Å². The van der Waals surface area contributed by atoms with Crippen molar-refractivity contribution in [3.63, 3.8) is 0 Å². The number of ether oxygens (including phenoxy) is 2. The Kier molecular flexibility index (Phi) is 19.3. The molecule has 2 N–H and O–H groups in total. The fourth-order valence-electron chi connectivity index (χ4n) is 7.61. The van der Waals surface area contributed by atoms with Crippen LogP contribution < -0.4 is 9.47 Å². The molecule has 8 aromatic carbocycles. The van der Waals surface area contributed by atoms with Gasteiger partial charge in [-0.05, 0) is 142 Å². The lowest BCUT2D eigenvalue weighted by atomic mass is 9.92. The molecule has 1 heterocycles. The molecule has 68 heavy (non-hydrogen) atoms. The lowest BCUT2D eigenvalue weighted by Crippen LogP contribution is -2.07. The molecule has 0 unspecified atom stereocenters. The van der Waals surface area contributed by atoms with Crippen molar-refractivity contribution in [2.75, 3.05) is 38.9 Å². The third-order valence-corrected chi connectivity index (χ3v) is 13.7. The van der Waals surface area contributed by atoms with Crippen LogP contribution in [0.25, 0.3) is 65.3 Å². The van der Waals surface area contributed by atoms with Gasteiger partial charge < -0.3 is 19.7 Å². The van der Waals surface area contributed by atoms with Crippen LogP contribution in [0.4, 0.5) is 0 Å². The Balaban J connectivity index is 0.000000199. The zero-order valence-electron chi connectivity index (χ0n) is 35.7. The number of hydrogen-bond donors (Lipinski definition) is 2. The van der Waals surface area contributed by atoms with Crippen molar-refractivity contribution >= 4 is 127 Å². The Labute approximate surface area is 432 Å². The fraction of sp³-hybridized carbons (Fsp3) is 0.231. The van der Waals surface area contributed by atoms with Gasteiger partial charge in [-0.1, -0.05) is 127 Å². The second-order valence-corrected chi connectivity index (χ2v) is 22.4. The molecular weight excluding hydrogens is 1170 g/mol. The number of rotatable bonds is 8. The highest BCUT2D eigenvalue weighted by Crippen LogP contribution is 2.48. The van der Waals surface area contributed by atoms with Crippen molar-refractivity contribution < 1.29 is 44.9 Å². The van der Waals surface area contributed by atoms with Crippen LogP contribution in [0.2, 0.25) is 0 Å². The number of phenols is 2. The van der Waals surface area contributed by atoms with Crippen molar-refractivity contribution in [1.29, 1.82) is 0 Å². The van der Waals surface area contributed by atoms with E-state index >= 15 is 0 Å². The van der Waals surface area contributed by atoms with Gasteiger partial charge in [0.15, 0.2) is 0 Å². The number of phenolic OH excluding ortho intramolecular Hbond substituents is 2. The van der Waals surface area contributed by atoms with Gasteiger partial charge in [-0.15, -0.1) is 0 Å². The molecule has 16 heteroatoms. The first kappa shape index (κ1) is 54.7. The average molecular weight is 1220 g/mol. The molecule has 8 aromatic rings. The van der Waals surface area contributed by atoms with E-state index in [0.717, 1.165) is 87.4 Å². The van der Waals surface area contributed by atoms with E-state index in [1.165, 1.54) is 21.5 Å². The van der Waals surface area contributed by atoms with Gasteiger partial charge in [0.05, 0.1) is 38.9 Å². The second kappa shape index (κ2) is 24.0. The summed E-state index contributed by atoms with van der Waals surface area (Å²) in [6.07, 6.45) is 4.74. The van der Waals surface area contributed by atoms with Gasteiger partial charge in [-0.25, -0.2) is 0 Å². The van der Waals surface area contributed by atoms with E-state index in [1.54, 1.807) is 12.1 Å². The molecule has 0 aliphatic carbocycles. The van der Waals surface area contributed by atoms with Gasteiger partial charge in [0, 0.05) is 40.1 Å². The number of hydrogen-bond acceptors (Lipinski definition) is 10. The molecule has 0 aromatic heterocycles. The summed E-state index contributed by atoms with van der Waals surface area (Å²) in [5, 5.41) is 29.5. The van der Waals surface area contributed by atoms with Crippen LogP contribution in [0.3, 0.4) is 0 Å². The molecule has 0 bridgehead atoms. The predicted octanol–water partition coefficient (Wildman–Crippen LogP) is 15.3. The largest absolute Gasteiger partial charge is 0.507 e. The molecule has 0 radical (unpaired) electrons. The number of benzene rings is 8. The molecule has 9 rings (SSSR count). The van der Waals surface area contributed by atoms with Crippen LogP contribution in [-0.2, 0) is 28.6 Å². The van der Waals surface area contributed by atoms with Crippen molar-refractivity contribution in [2.45, 2.75) is 40.5 Å². The average Bonchev–Trinajstić information content (AvgIpc) is 3.26. The maximum Gasteiger partial charge on any atom is 0.264 e. The molecule has 0 saturated carbocycles. The molecule has 0 saturated heterocycles. The summed E-state index contributed by atoms with van der Waals surface area (Å²) in [6, 6.07) is 40.1. The summed E-state index contributed by atoms with van der Waals surface area (Å²) in [7, 11) is -6.80. The lowest BCUT2D eigenvalue weighted by molar-refractivity contribution is 0.264. The SMILES string of the molecule is Brc1ccc2c3c(ccc2c1)OCCCCOc1ccc2cc(Br)ccc2c1-3.C.C.CS(=O)(=O)OCCCCOS(C)(=O)=O.Oc1ccc2cc(Br)ccc2c1-c1c(O)ccc2cc(Br)ccc12. The Bertz CT molecular complexity index is 3090. The lowest BCUT2D eigenvalue weighted by Gasteiger charge is -2.21. The highest BCUT2D eigenvalue weighted by atomic mass is 79.9. The molecule has 0 atom stereocenters. The summed E-state index contributed by atoms with van der Waals surface area (Å²) in [5.41, 5.74) is 3.50. The molecule has 1 aliphatic rings. The van der Waals surface area contributed by atoms with Crippen molar-refractivity contribution in [3.8, 4) is 45.3 Å². The maximum atomic E-state index is 10.5. The topological polar surface area (TPSA) is 146 Å². The summed E-state index contributed by atoms with van der Waals surface area (Å²) in [5.74, 6) is 2.13. The predicted molar refractivity (Wildman–Crippen MR) is 292 cm³/mol. The Morgan fingerprint density at radius 2 is 0.750 bits per heavy atom. The van der Waals surface area contributed by atoms with E-state index in [2.05, 4.69) is 133 Å². The minimum absolute atomic E-state index is 0. The quantitative estimate of drug-likeness (QED) is 0.111. The van der Waals surface area contributed by atoms with E-state index in [1.807, 2.05) is 48.5 Å². The number of aromatic hydroxyl groups is 2. The summed E-state index contributed by atoms with van der Waals surface area (Å²) in [4.78, 5) is 0. The molecular formula is C52H52Br4O10S2. The minimum Gasteiger partial charge on any atom is -0.507 e. The van der Waals surface area contributed by atoms with Gasteiger partial charge in [0.1, 0.15) is 23.0 Å². The molecule has 0 fully saturated rings. The summed E-state index contributed by atoms with van der Waals surface area (Å²) in [6.45, 7) is 1.49. The standard InChI is InChI=1S/C24H18Br2O2.C20H12Br2O2.C6H14O6S2.2CH4/c25-17-5-7-19-15(13-17)3-9-21-23(19)24-20-8-6-18(26)14-16(20)4-10-22(24)28-12-2-1-11-27-21;21-13-3-5-15-11(9-13)1-7-17(23)19(15)20-16-6-4-14(22)10-12(16)2-8-18(20)24;1-13(7,8)11-5-3-4-6-12-14(2,9)10;;/h3-10,13-14H,1-2,11-12H2;1-10,23-24H;3-6H2,1-2H3;2*1H4. The third-order valence-electron chi connectivity index (χ3n) is 10.5. The van der Waals surface area contributed by atoms with E-state index in [0.29, 0.717) is 37.2 Å². The highest BCUT2D eigenvalue weighted by Gasteiger charge is 2.21.